The molecule has 0 fully saturated rings. The van der Waals surface area contributed by atoms with Gasteiger partial charge in [0.1, 0.15) is 0 Å². The predicted octanol–water partition coefficient (Wildman–Crippen LogP) is 6.14. The molecule has 0 amide bonds. The Balaban J connectivity index is 1.35. The van der Waals surface area contributed by atoms with Crippen molar-refractivity contribution >= 4 is 22.6 Å². The van der Waals surface area contributed by atoms with E-state index in [4.69, 9.17) is 10.8 Å². The topological polar surface area (TPSA) is 47.7 Å². The summed E-state index contributed by atoms with van der Waals surface area (Å²) in [5, 5.41) is 24.8. The molecule has 2 aliphatic rings. The molecule has 6 rings (SSSR count). The van der Waals surface area contributed by atoms with Crippen molar-refractivity contribution in [1.82, 2.24) is 0 Å². The molecule has 0 aromatic heterocycles. The van der Waals surface area contributed by atoms with Gasteiger partial charge in [-0.15, -0.1) is 0 Å². The quantitative estimate of drug-likeness (QED) is 0.300. The number of allylic oxidation sites excluding steroid dienone is 8. The van der Waals surface area contributed by atoms with Gasteiger partial charge in [0.15, 0.2) is 0 Å². The summed E-state index contributed by atoms with van der Waals surface area (Å²) in [6.45, 7) is 0. The highest BCUT2D eigenvalue weighted by Crippen LogP contribution is 2.08. The highest BCUT2D eigenvalue weighted by atomic mass is 14.4. The van der Waals surface area contributed by atoms with Crippen LogP contribution in [0.4, 0.5) is 0 Å². The average Bonchev–Trinajstić information content (AvgIpc) is 2.98. The lowest BCUT2D eigenvalue weighted by atomic mass is 10.0. The highest BCUT2D eigenvalue weighted by molar-refractivity contribution is 6.07. The van der Waals surface area contributed by atoms with E-state index in [0.717, 1.165) is 21.6 Å². The first-order chi connectivity index (χ1) is 18.6. The van der Waals surface area contributed by atoms with Crippen LogP contribution in [0.25, 0.3) is 11.1 Å². The van der Waals surface area contributed by atoms with E-state index in [1.54, 1.807) is 0 Å². The van der Waals surface area contributed by atoms with Gasteiger partial charge < -0.3 is 10.8 Å². The van der Waals surface area contributed by atoms with Crippen LogP contribution in [0.5, 0.6) is 0 Å². The smallest absolute Gasteiger partial charge is 0.0540 e. The monoisotopic (exact) mass is 486 g/mol. The summed E-state index contributed by atoms with van der Waals surface area (Å²) < 4.78 is 0. The molecule has 0 unspecified atom stereocenters. The molecule has 38 heavy (non-hydrogen) atoms. The second-order valence-electron chi connectivity index (χ2n) is 9.46. The Hall–Kier alpha value is -5.08. The molecule has 2 N–H and O–H groups in total. The summed E-state index contributed by atoms with van der Waals surface area (Å²) >= 11 is 0. The van der Waals surface area contributed by atoms with Crippen molar-refractivity contribution in [3.05, 3.63) is 187 Å². The summed E-state index contributed by atoms with van der Waals surface area (Å²) in [6, 6.07) is 34.6. The zero-order chi connectivity index (χ0) is 25.9. The molecule has 4 aromatic carbocycles. The fourth-order valence-electron chi connectivity index (χ4n) is 4.75. The van der Waals surface area contributed by atoms with Crippen molar-refractivity contribution < 1.29 is 0 Å². The maximum Gasteiger partial charge on any atom is 0.0540 e. The lowest BCUT2D eigenvalue weighted by Gasteiger charge is -2.01. The molecule has 0 radical (unpaired) electrons. The minimum atomic E-state index is 0.530. The molecule has 0 saturated heterocycles. The lowest BCUT2D eigenvalue weighted by Crippen LogP contribution is -2.04. The van der Waals surface area contributed by atoms with Gasteiger partial charge in [0.05, 0.1) is 11.4 Å². The molecule has 0 bridgehead atoms. The molecule has 4 aromatic rings. The van der Waals surface area contributed by atoms with Crippen LogP contribution in [0.15, 0.2) is 146 Å². The van der Waals surface area contributed by atoms with E-state index in [9.17, 15) is 0 Å². The highest BCUT2D eigenvalue weighted by Gasteiger charge is 1.97. The van der Waals surface area contributed by atoms with Crippen molar-refractivity contribution in [2.75, 3.05) is 0 Å². The number of hydrogen-bond acceptors (Lipinski definition) is 2. The Bertz CT molecular complexity index is 1870. The second kappa shape index (κ2) is 10.1. The first-order valence-electron chi connectivity index (χ1n) is 12.7. The van der Waals surface area contributed by atoms with Gasteiger partial charge >= 0.3 is 0 Å². The fourth-order valence-corrected chi connectivity index (χ4v) is 4.75. The van der Waals surface area contributed by atoms with Crippen LogP contribution in [0.1, 0.15) is 0 Å². The van der Waals surface area contributed by atoms with Gasteiger partial charge in [0, 0.05) is 0 Å². The van der Waals surface area contributed by atoms with Crippen LogP contribution in [0, 0.1) is 42.1 Å². The molecule has 0 spiro atoms. The Morgan fingerprint density at radius 2 is 0.421 bits per heavy atom. The molecule has 0 saturated carbocycles. The van der Waals surface area contributed by atoms with Crippen LogP contribution in [-0.2, 0) is 0 Å². The molecule has 0 aliphatic heterocycles. The SMILES string of the molecule is N=C1C=CC(=c2ccc(=c3ccc(=c4ccc(=c5ccc(=C6C=CC(=N)C=C6)cc5)cc4)cc3)cc2)C=C1. The van der Waals surface area contributed by atoms with Gasteiger partial charge in [-0.2, -0.15) is 0 Å². The zero-order valence-corrected chi connectivity index (χ0v) is 20.9. The minimum absolute atomic E-state index is 0.530. The van der Waals surface area contributed by atoms with Crippen molar-refractivity contribution in [3.8, 4) is 0 Å². The lowest BCUT2D eigenvalue weighted by molar-refractivity contribution is 1.40. The molecule has 0 heterocycles. The van der Waals surface area contributed by atoms with Crippen LogP contribution in [0.3, 0.4) is 0 Å². The molecule has 2 heteroatoms. The minimum Gasteiger partial charge on any atom is -0.301 e. The Labute approximate surface area is 220 Å². The van der Waals surface area contributed by atoms with Gasteiger partial charge in [-0.1, -0.05) is 121 Å². The maximum absolute atomic E-state index is 7.66. The van der Waals surface area contributed by atoms with E-state index in [2.05, 4.69) is 97.1 Å². The molecule has 2 nitrogen and oxygen atoms in total. The third-order valence-electron chi connectivity index (χ3n) is 6.98. The van der Waals surface area contributed by atoms with E-state index in [1.165, 1.54) is 31.3 Å². The van der Waals surface area contributed by atoms with Crippen molar-refractivity contribution in [3.63, 3.8) is 0 Å². The normalized spacial score (nSPS) is 14.4. The van der Waals surface area contributed by atoms with Crippen LogP contribution in [0.2, 0.25) is 0 Å². The average molecular weight is 487 g/mol. The van der Waals surface area contributed by atoms with Gasteiger partial charge in [-0.05, 0) is 77.2 Å². The third kappa shape index (κ3) is 4.93. The van der Waals surface area contributed by atoms with E-state index in [-0.39, 0.29) is 0 Å². The van der Waals surface area contributed by atoms with Gasteiger partial charge in [0.2, 0.25) is 0 Å². The number of hydrogen-bond donors (Lipinski definition) is 2. The van der Waals surface area contributed by atoms with Crippen molar-refractivity contribution in [2.45, 2.75) is 0 Å². The third-order valence-corrected chi connectivity index (χ3v) is 6.98. The van der Waals surface area contributed by atoms with E-state index < -0.39 is 0 Å². The van der Waals surface area contributed by atoms with Crippen molar-refractivity contribution in [2.24, 2.45) is 0 Å². The Morgan fingerprint density at radius 3 is 0.632 bits per heavy atom. The summed E-state index contributed by atoms with van der Waals surface area (Å²) in [4.78, 5) is 0. The van der Waals surface area contributed by atoms with Crippen molar-refractivity contribution in [1.29, 1.82) is 10.8 Å². The van der Waals surface area contributed by atoms with Crippen LogP contribution >= 0.6 is 0 Å². The standard InChI is InChI=1S/C36H26N2/c37-35-21-17-33(18-22-35)31-13-9-29(10-14-31)27-5-1-25(2-6-27)26-3-7-28(8-4-26)30-11-15-32(16-12-30)34-19-23-36(38)24-20-34/h1-24,37-38H. The van der Waals surface area contributed by atoms with E-state index >= 15 is 0 Å². The summed E-state index contributed by atoms with van der Waals surface area (Å²) in [5.41, 5.74) is 3.31. The number of nitrogens with one attached hydrogen (secondary N) is 2. The second-order valence-corrected chi connectivity index (χ2v) is 9.46. The van der Waals surface area contributed by atoms with Crippen LogP contribution in [-0.4, -0.2) is 11.4 Å². The van der Waals surface area contributed by atoms with Crippen LogP contribution < -0.4 is 10.4 Å². The molecular formula is C36H26N2. The van der Waals surface area contributed by atoms with E-state index in [1.807, 2.05) is 48.6 Å². The van der Waals surface area contributed by atoms with E-state index in [0.29, 0.717) is 11.4 Å². The van der Waals surface area contributed by atoms with Gasteiger partial charge in [-0.3, -0.25) is 0 Å². The number of benzene rings is 4. The first-order valence-corrected chi connectivity index (χ1v) is 12.7. The molecule has 180 valence electrons. The van der Waals surface area contributed by atoms with Gasteiger partial charge in [-0.25, -0.2) is 0 Å². The molecule has 0 atom stereocenters. The molecular weight excluding hydrogens is 460 g/mol. The summed E-state index contributed by atoms with van der Waals surface area (Å²) in [6.07, 6.45) is 15.3. The molecule has 2 aliphatic carbocycles. The Morgan fingerprint density at radius 1 is 0.237 bits per heavy atom. The first kappa shape index (κ1) is 23.3. The number of rotatable bonds is 0. The maximum atomic E-state index is 7.66. The summed E-state index contributed by atoms with van der Waals surface area (Å²) in [5.74, 6) is 0. The predicted molar refractivity (Wildman–Crippen MR) is 157 cm³/mol. The van der Waals surface area contributed by atoms with Gasteiger partial charge in [0.25, 0.3) is 0 Å². The Kier molecular flexibility index (Phi) is 6.21. The zero-order valence-electron chi connectivity index (χ0n) is 20.9. The summed E-state index contributed by atoms with van der Waals surface area (Å²) in [7, 11) is 0. The fraction of sp³-hybridized carbons (Fsp3) is 0. The largest absolute Gasteiger partial charge is 0.301 e.